The molecule has 1 nitrogen and oxygen atoms in total. The maximum absolute atomic E-state index is 3.84. The SMILES string of the molecule is C=C(C)C=Cc1c[nH]c2ccccc12. The number of para-hydroxylation sites is 1. The summed E-state index contributed by atoms with van der Waals surface area (Å²) in [6, 6.07) is 8.27. The van der Waals surface area contributed by atoms with Gasteiger partial charge in [-0.15, -0.1) is 0 Å². The molecule has 0 fully saturated rings. The molecule has 0 saturated heterocycles. The van der Waals surface area contributed by atoms with Gasteiger partial charge < -0.3 is 4.98 Å². The van der Waals surface area contributed by atoms with Crippen LogP contribution in [0.1, 0.15) is 12.5 Å². The number of hydrogen-bond donors (Lipinski definition) is 1. The second-order valence-electron chi connectivity index (χ2n) is 3.47. The van der Waals surface area contributed by atoms with E-state index in [0.29, 0.717) is 0 Å². The summed E-state index contributed by atoms with van der Waals surface area (Å²) in [5.74, 6) is 0. The van der Waals surface area contributed by atoms with Crippen LogP contribution in [-0.4, -0.2) is 4.98 Å². The second kappa shape index (κ2) is 3.54. The van der Waals surface area contributed by atoms with Gasteiger partial charge in [-0.3, -0.25) is 0 Å². The maximum Gasteiger partial charge on any atom is 0.0460 e. The average molecular weight is 183 g/mol. The monoisotopic (exact) mass is 183 g/mol. The van der Waals surface area contributed by atoms with Crippen molar-refractivity contribution < 1.29 is 0 Å². The summed E-state index contributed by atoms with van der Waals surface area (Å²) < 4.78 is 0. The Kier molecular flexibility index (Phi) is 2.23. The molecule has 1 aromatic carbocycles. The summed E-state index contributed by atoms with van der Waals surface area (Å²) in [5.41, 5.74) is 3.45. The van der Waals surface area contributed by atoms with Gasteiger partial charge in [0, 0.05) is 17.1 Å². The first-order valence-electron chi connectivity index (χ1n) is 4.67. The molecule has 0 aliphatic rings. The number of allylic oxidation sites excluding steroid dienone is 2. The minimum Gasteiger partial charge on any atom is -0.361 e. The maximum atomic E-state index is 3.84. The van der Waals surface area contributed by atoms with Crippen molar-refractivity contribution in [2.24, 2.45) is 0 Å². The molecule has 0 spiro atoms. The largest absolute Gasteiger partial charge is 0.361 e. The number of benzene rings is 1. The predicted molar refractivity (Wildman–Crippen MR) is 62.1 cm³/mol. The number of aromatic nitrogens is 1. The lowest BCUT2D eigenvalue weighted by Crippen LogP contribution is -1.68. The fourth-order valence-corrected chi connectivity index (χ4v) is 1.46. The number of fused-ring (bicyclic) bond motifs is 1. The van der Waals surface area contributed by atoms with Gasteiger partial charge >= 0.3 is 0 Å². The van der Waals surface area contributed by atoms with Crippen molar-refractivity contribution in [1.82, 2.24) is 4.98 Å². The molecular formula is C13H13N. The Labute approximate surface area is 83.8 Å². The van der Waals surface area contributed by atoms with Gasteiger partial charge in [0.15, 0.2) is 0 Å². The van der Waals surface area contributed by atoms with E-state index in [2.05, 4.69) is 29.8 Å². The van der Waals surface area contributed by atoms with Gasteiger partial charge in [0.25, 0.3) is 0 Å². The highest BCUT2D eigenvalue weighted by Gasteiger charge is 1.97. The summed E-state index contributed by atoms with van der Waals surface area (Å²) in [5, 5.41) is 1.25. The van der Waals surface area contributed by atoms with Crippen LogP contribution in [0.5, 0.6) is 0 Å². The van der Waals surface area contributed by atoms with Crippen molar-refractivity contribution in [1.29, 1.82) is 0 Å². The average Bonchev–Trinajstić information content (AvgIpc) is 2.58. The van der Waals surface area contributed by atoms with Crippen molar-refractivity contribution in [3.8, 4) is 0 Å². The first-order valence-corrected chi connectivity index (χ1v) is 4.67. The second-order valence-corrected chi connectivity index (χ2v) is 3.47. The quantitative estimate of drug-likeness (QED) is 0.682. The Morgan fingerprint density at radius 3 is 2.93 bits per heavy atom. The number of hydrogen-bond acceptors (Lipinski definition) is 0. The third-order valence-corrected chi connectivity index (χ3v) is 2.17. The van der Waals surface area contributed by atoms with Crippen molar-refractivity contribution >= 4 is 17.0 Å². The number of rotatable bonds is 2. The van der Waals surface area contributed by atoms with Gasteiger partial charge in [-0.2, -0.15) is 0 Å². The lowest BCUT2D eigenvalue weighted by atomic mass is 10.1. The van der Waals surface area contributed by atoms with Crippen LogP contribution in [0.3, 0.4) is 0 Å². The lowest BCUT2D eigenvalue weighted by molar-refractivity contribution is 1.47. The number of H-pyrrole nitrogens is 1. The highest BCUT2D eigenvalue weighted by atomic mass is 14.7. The van der Waals surface area contributed by atoms with E-state index in [1.807, 2.05) is 31.3 Å². The van der Waals surface area contributed by atoms with E-state index in [1.54, 1.807) is 0 Å². The van der Waals surface area contributed by atoms with E-state index in [9.17, 15) is 0 Å². The molecule has 2 aromatic rings. The molecule has 0 aliphatic carbocycles. The van der Waals surface area contributed by atoms with E-state index < -0.39 is 0 Å². The molecule has 0 radical (unpaired) electrons. The Balaban J connectivity index is 2.48. The molecule has 1 N–H and O–H groups in total. The van der Waals surface area contributed by atoms with Crippen LogP contribution in [0.25, 0.3) is 17.0 Å². The van der Waals surface area contributed by atoms with Crippen LogP contribution in [0.2, 0.25) is 0 Å². The Hall–Kier alpha value is -1.76. The van der Waals surface area contributed by atoms with E-state index in [4.69, 9.17) is 0 Å². The molecule has 14 heavy (non-hydrogen) atoms. The summed E-state index contributed by atoms with van der Waals surface area (Å²) in [7, 11) is 0. The summed E-state index contributed by atoms with van der Waals surface area (Å²) >= 11 is 0. The third-order valence-electron chi connectivity index (χ3n) is 2.17. The molecule has 2 rings (SSSR count). The van der Waals surface area contributed by atoms with Crippen LogP contribution in [-0.2, 0) is 0 Å². The first-order chi connectivity index (χ1) is 6.77. The first kappa shape index (κ1) is 8.82. The fourth-order valence-electron chi connectivity index (χ4n) is 1.46. The molecule has 0 atom stereocenters. The topological polar surface area (TPSA) is 15.8 Å². The standard InChI is InChI=1S/C13H13N/c1-10(2)7-8-11-9-14-13-6-4-3-5-12(11)13/h3-9,14H,1H2,2H3. The number of nitrogens with one attached hydrogen (secondary N) is 1. The van der Waals surface area contributed by atoms with E-state index in [-0.39, 0.29) is 0 Å². The molecule has 0 aliphatic heterocycles. The van der Waals surface area contributed by atoms with E-state index in [0.717, 1.165) is 5.57 Å². The molecule has 1 heterocycles. The number of aromatic amines is 1. The van der Waals surface area contributed by atoms with Crippen molar-refractivity contribution in [3.05, 3.63) is 54.3 Å². The van der Waals surface area contributed by atoms with Gasteiger partial charge in [0.2, 0.25) is 0 Å². The van der Waals surface area contributed by atoms with E-state index in [1.165, 1.54) is 16.5 Å². The minimum absolute atomic E-state index is 1.07. The van der Waals surface area contributed by atoms with Crippen LogP contribution in [0.4, 0.5) is 0 Å². The van der Waals surface area contributed by atoms with Gasteiger partial charge in [-0.05, 0) is 18.6 Å². The van der Waals surface area contributed by atoms with Crippen LogP contribution >= 0.6 is 0 Å². The zero-order valence-corrected chi connectivity index (χ0v) is 8.25. The molecular weight excluding hydrogens is 170 g/mol. The summed E-state index contributed by atoms with van der Waals surface area (Å²) in [6.45, 7) is 5.83. The van der Waals surface area contributed by atoms with Crippen LogP contribution in [0.15, 0.2) is 48.7 Å². The van der Waals surface area contributed by atoms with Crippen molar-refractivity contribution in [2.45, 2.75) is 6.92 Å². The molecule has 70 valence electrons. The Morgan fingerprint density at radius 1 is 1.36 bits per heavy atom. The van der Waals surface area contributed by atoms with Crippen molar-refractivity contribution in [3.63, 3.8) is 0 Å². The normalized spacial score (nSPS) is 11.2. The zero-order chi connectivity index (χ0) is 9.97. The molecule has 0 unspecified atom stereocenters. The fraction of sp³-hybridized carbons (Fsp3) is 0.0769. The lowest BCUT2D eigenvalue weighted by Gasteiger charge is -1.90. The van der Waals surface area contributed by atoms with E-state index >= 15 is 0 Å². The highest BCUT2D eigenvalue weighted by molar-refractivity contribution is 5.88. The zero-order valence-electron chi connectivity index (χ0n) is 8.25. The third kappa shape index (κ3) is 1.62. The minimum atomic E-state index is 1.07. The van der Waals surface area contributed by atoms with Crippen LogP contribution < -0.4 is 0 Å². The van der Waals surface area contributed by atoms with Gasteiger partial charge in [0.05, 0.1) is 0 Å². The molecule has 0 amide bonds. The molecule has 1 aromatic heterocycles. The van der Waals surface area contributed by atoms with Crippen molar-refractivity contribution in [2.75, 3.05) is 0 Å². The summed E-state index contributed by atoms with van der Waals surface area (Å²) in [4.78, 5) is 3.23. The predicted octanol–water partition coefficient (Wildman–Crippen LogP) is 3.76. The molecule has 0 bridgehead atoms. The van der Waals surface area contributed by atoms with Gasteiger partial charge in [0.1, 0.15) is 0 Å². The Bertz CT molecular complexity index is 489. The van der Waals surface area contributed by atoms with Gasteiger partial charge in [-0.25, -0.2) is 0 Å². The van der Waals surface area contributed by atoms with Gasteiger partial charge in [-0.1, -0.05) is 42.5 Å². The highest BCUT2D eigenvalue weighted by Crippen LogP contribution is 2.19. The Morgan fingerprint density at radius 2 is 2.14 bits per heavy atom. The molecule has 0 saturated carbocycles. The smallest absolute Gasteiger partial charge is 0.0460 e. The van der Waals surface area contributed by atoms with Crippen LogP contribution in [0, 0.1) is 0 Å². The molecule has 1 heteroatoms. The summed E-state index contributed by atoms with van der Waals surface area (Å²) in [6.07, 6.45) is 6.13.